The largest absolute Gasteiger partial charge is 0.497 e. The van der Waals surface area contributed by atoms with Gasteiger partial charge in [-0.05, 0) is 86.9 Å². The lowest BCUT2D eigenvalue weighted by atomic mass is 9.74. The highest BCUT2D eigenvalue weighted by Gasteiger charge is 2.51. The van der Waals surface area contributed by atoms with Crippen LogP contribution in [0.3, 0.4) is 0 Å². The summed E-state index contributed by atoms with van der Waals surface area (Å²) < 4.78 is 5.34. The molecular weight excluding hydrogens is 502 g/mol. The molecule has 1 spiro atoms. The average Bonchev–Trinajstić information content (AvgIpc) is 3.79. The molecule has 0 saturated heterocycles. The van der Waals surface area contributed by atoms with Gasteiger partial charge in [-0.25, -0.2) is 9.97 Å². The number of aromatic nitrogens is 2. The number of benzene rings is 2. The van der Waals surface area contributed by atoms with Gasteiger partial charge in [0.25, 0.3) is 5.91 Å². The van der Waals surface area contributed by atoms with E-state index in [1.165, 1.54) is 12.7 Å². The Morgan fingerprint density at radius 1 is 1.02 bits per heavy atom. The van der Waals surface area contributed by atoms with E-state index in [-0.39, 0.29) is 23.3 Å². The maximum Gasteiger partial charge on any atom is 0.255 e. The van der Waals surface area contributed by atoms with Crippen LogP contribution in [0.1, 0.15) is 83.1 Å². The lowest BCUT2D eigenvalue weighted by molar-refractivity contribution is -0.117. The zero-order chi connectivity index (χ0) is 28.0. The number of aryl methyl sites for hydroxylation is 1. The molecule has 6 rings (SSSR count). The Labute approximate surface area is 235 Å². The monoisotopic (exact) mass is 539 g/mol. The molecule has 2 aromatic carbocycles. The zero-order valence-electron chi connectivity index (χ0n) is 23.8. The van der Waals surface area contributed by atoms with Crippen molar-refractivity contribution in [1.82, 2.24) is 14.9 Å². The average molecular weight is 540 g/mol. The summed E-state index contributed by atoms with van der Waals surface area (Å²) in [5.41, 5.74) is 6.52. The summed E-state index contributed by atoms with van der Waals surface area (Å²) in [5, 5.41) is 6.50. The second-order valence-electron chi connectivity index (χ2n) is 11.5. The summed E-state index contributed by atoms with van der Waals surface area (Å²) in [7, 11) is 1.66. The molecule has 8 heteroatoms. The number of nitrogens with one attached hydrogen (secondary N) is 2. The summed E-state index contributed by atoms with van der Waals surface area (Å²) >= 11 is 0. The minimum atomic E-state index is -0.332. The first-order valence-corrected chi connectivity index (χ1v) is 14.3. The van der Waals surface area contributed by atoms with Crippen molar-refractivity contribution >= 4 is 29.1 Å². The molecule has 2 saturated carbocycles. The van der Waals surface area contributed by atoms with Crippen LogP contribution in [0.2, 0.25) is 0 Å². The summed E-state index contributed by atoms with van der Waals surface area (Å²) in [6.45, 7) is 6.63. The van der Waals surface area contributed by atoms with E-state index in [2.05, 4.69) is 50.6 Å². The number of methoxy groups -OCH3 is 1. The maximum absolute atomic E-state index is 14.1. The van der Waals surface area contributed by atoms with Crippen molar-refractivity contribution in [2.75, 3.05) is 17.7 Å². The summed E-state index contributed by atoms with van der Waals surface area (Å²) in [5.74, 6) is 2.23. The van der Waals surface area contributed by atoms with Gasteiger partial charge >= 0.3 is 0 Å². The van der Waals surface area contributed by atoms with Gasteiger partial charge < -0.3 is 20.3 Å². The number of carbonyl (C=O) groups is 2. The number of carbonyl (C=O) groups excluding carboxylic acids is 2. The quantitative estimate of drug-likeness (QED) is 0.365. The highest BCUT2D eigenvalue weighted by molar-refractivity contribution is 6.03. The topological polar surface area (TPSA) is 96.4 Å². The van der Waals surface area contributed by atoms with Crippen molar-refractivity contribution in [2.24, 2.45) is 5.92 Å². The Hall–Kier alpha value is -3.94. The lowest BCUT2D eigenvalue weighted by Gasteiger charge is -2.43. The molecule has 0 unspecified atom stereocenters. The maximum atomic E-state index is 14.1. The first-order valence-electron chi connectivity index (χ1n) is 14.3. The van der Waals surface area contributed by atoms with Crippen molar-refractivity contribution in [3.05, 3.63) is 70.0 Å². The lowest BCUT2D eigenvalue weighted by Crippen LogP contribution is -2.45. The fourth-order valence-corrected chi connectivity index (χ4v) is 6.55. The number of hydrogen-bond acceptors (Lipinski definition) is 6. The normalized spacial score (nSPS) is 17.6. The third-order valence-electron chi connectivity index (χ3n) is 8.93. The molecule has 2 N–H and O–H groups in total. The second-order valence-corrected chi connectivity index (χ2v) is 11.5. The van der Waals surface area contributed by atoms with Crippen LogP contribution in [0.4, 0.5) is 17.3 Å². The predicted molar refractivity (Wildman–Crippen MR) is 155 cm³/mol. The van der Waals surface area contributed by atoms with Gasteiger partial charge in [-0.3, -0.25) is 9.59 Å². The molecule has 208 valence electrons. The smallest absolute Gasteiger partial charge is 0.255 e. The summed E-state index contributed by atoms with van der Waals surface area (Å²) in [4.78, 5) is 37.5. The third kappa shape index (κ3) is 4.49. The highest BCUT2D eigenvalue weighted by atomic mass is 16.5. The third-order valence-corrected chi connectivity index (χ3v) is 8.93. The standard InChI is InChI=1S/C32H37N5O3/c1-19-16-25(35-28-21(3)29(34-18-33-28)36-30(38)23-10-11-23)20(2)27-26(19)31(39)37(32(27)14-6-5-7-15-32)17-22-8-12-24(40-4)13-9-22/h8-9,12-13,16,18,23H,5-7,10-11,14-15,17H2,1-4H3,(H2,33,34,35,36,38). The highest BCUT2D eigenvalue weighted by Crippen LogP contribution is 2.52. The SMILES string of the molecule is COc1ccc(CN2C(=O)c3c(C)cc(Nc4ncnc(NC(=O)C5CC5)c4C)c(C)c3C23CCCCC3)cc1. The first-order chi connectivity index (χ1) is 19.3. The Morgan fingerprint density at radius 2 is 1.73 bits per heavy atom. The fraction of sp³-hybridized carbons (Fsp3) is 0.438. The molecule has 8 nitrogen and oxygen atoms in total. The van der Waals surface area contributed by atoms with Crippen LogP contribution in [-0.2, 0) is 16.9 Å². The van der Waals surface area contributed by atoms with Crippen LogP contribution in [0.25, 0.3) is 0 Å². The van der Waals surface area contributed by atoms with Crippen molar-refractivity contribution in [3.8, 4) is 5.75 Å². The van der Waals surface area contributed by atoms with Gasteiger partial charge in [-0.2, -0.15) is 0 Å². The van der Waals surface area contributed by atoms with Crippen LogP contribution in [0.5, 0.6) is 5.75 Å². The Morgan fingerprint density at radius 3 is 2.40 bits per heavy atom. The number of ether oxygens (including phenoxy) is 1. The van der Waals surface area contributed by atoms with Crippen molar-refractivity contribution in [1.29, 1.82) is 0 Å². The van der Waals surface area contributed by atoms with Gasteiger partial charge in [0.15, 0.2) is 0 Å². The van der Waals surface area contributed by atoms with E-state index < -0.39 is 0 Å². The molecular formula is C32H37N5O3. The number of rotatable bonds is 7. The number of nitrogens with zero attached hydrogens (tertiary/aromatic N) is 3. The summed E-state index contributed by atoms with van der Waals surface area (Å²) in [6, 6.07) is 10.1. The van der Waals surface area contributed by atoms with E-state index >= 15 is 0 Å². The van der Waals surface area contributed by atoms with Gasteiger partial charge in [-0.15, -0.1) is 0 Å². The zero-order valence-corrected chi connectivity index (χ0v) is 23.8. The molecule has 1 aliphatic heterocycles. The first kappa shape index (κ1) is 26.3. The van der Waals surface area contributed by atoms with Crippen LogP contribution >= 0.6 is 0 Å². The van der Waals surface area contributed by atoms with Gasteiger partial charge in [0.05, 0.1) is 12.6 Å². The van der Waals surface area contributed by atoms with E-state index in [4.69, 9.17) is 4.74 Å². The van der Waals surface area contributed by atoms with Gasteiger partial charge in [-0.1, -0.05) is 31.4 Å². The number of hydrogen-bond donors (Lipinski definition) is 2. The molecule has 2 aliphatic carbocycles. The number of fused-ring (bicyclic) bond motifs is 2. The van der Waals surface area contributed by atoms with Crippen LogP contribution in [0.15, 0.2) is 36.7 Å². The van der Waals surface area contributed by atoms with Gasteiger partial charge in [0.1, 0.15) is 23.7 Å². The molecule has 3 aromatic rings. The van der Waals surface area contributed by atoms with Gasteiger partial charge in [0.2, 0.25) is 5.91 Å². The van der Waals surface area contributed by atoms with E-state index in [1.807, 2.05) is 26.0 Å². The summed E-state index contributed by atoms with van der Waals surface area (Å²) in [6.07, 6.45) is 8.64. The van der Waals surface area contributed by atoms with Crippen molar-refractivity contribution in [2.45, 2.75) is 77.8 Å². The molecule has 2 fully saturated rings. The molecule has 0 radical (unpaired) electrons. The second kappa shape index (κ2) is 10.2. The Balaban J connectivity index is 1.37. The van der Waals surface area contributed by atoms with E-state index in [0.717, 1.165) is 83.3 Å². The van der Waals surface area contributed by atoms with E-state index in [1.54, 1.807) is 7.11 Å². The predicted octanol–water partition coefficient (Wildman–Crippen LogP) is 6.32. The molecule has 1 aromatic heterocycles. The minimum Gasteiger partial charge on any atom is -0.497 e. The molecule has 2 heterocycles. The molecule has 0 bridgehead atoms. The molecule has 3 aliphatic rings. The number of amides is 2. The van der Waals surface area contributed by atoms with Crippen LogP contribution in [-0.4, -0.2) is 33.8 Å². The fourth-order valence-electron chi connectivity index (χ4n) is 6.55. The Bertz CT molecular complexity index is 1470. The molecule has 2 amide bonds. The van der Waals surface area contributed by atoms with Gasteiger partial charge in [0, 0.05) is 29.3 Å². The van der Waals surface area contributed by atoms with Crippen molar-refractivity contribution < 1.29 is 14.3 Å². The number of anilines is 3. The Kier molecular flexibility index (Phi) is 6.72. The van der Waals surface area contributed by atoms with Crippen LogP contribution < -0.4 is 15.4 Å². The van der Waals surface area contributed by atoms with Crippen LogP contribution in [0, 0.1) is 26.7 Å². The molecule has 40 heavy (non-hydrogen) atoms. The molecule has 0 atom stereocenters. The van der Waals surface area contributed by atoms with E-state index in [0.29, 0.717) is 18.2 Å². The van der Waals surface area contributed by atoms with E-state index in [9.17, 15) is 9.59 Å². The minimum absolute atomic E-state index is 0.0204. The van der Waals surface area contributed by atoms with Crippen molar-refractivity contribution in [3.63, 3.8) is 0 Å².